The second kappa shape index (κ2) is 8.95. The molecule has 35 heavy (non-hydrogen) atoms. The van der Waals surface area contributed by atoms with Crippen molar-refractivity contribution >= 4 is 49.7 Å². The number of nitrogens with zero attached hydrogens (tertiary/aromatic N) is 5. The van der Waals surface area contributed by atoms with E-state index in [9.17, 15) is 18.0 Å². The van der Waals surface area contributed by atoms with E-state index < -0.39 is 12.1 Å². The highest BCUT2D eigenvalue weighted by atomic mass is 79.9. The molecule has 1 fully saturated rings. The lowest BCUT2D eigenvalue weighted by molar-refractivity contribution is -0.274. The molecule has 0 radical (unpaired) electrons. The second-order valence-electron chi connectivity index (χ2n) is 8.17. The maximum atomic E-state index is 13.1. The van der Waals surface area contributed by atoms with Crippen LogP contribution in [-0.2, 0) is 4.79 Å². The van der Waals surface area contributed by atoms with Crippen LogP contribution < -0.4 is 15.4 Å². The Morgan fingerprint density at radius 2 is 2.09 bits per heavy atom. The van der Waals surface area contributed by atoms with E-state index in [-0.39, 0.29) is 23.4 Å². The molecule has 1 amide bonds. The van der Waals surface area contributed by atoms with E-state index in [4.69, 9.17) is 0 Å². The van der Waals surface area contributed by atoms with Gasteiger partial charge in [0.1, 0.15) is 10.1 Å². The van der Waals surface area contributed by atoms with Crippen molar-refractivity contribution in [3.63, 3.8) is 0 Å². The number of hydrogen-bond acceptors (Lipinski definition) is 7. The first-order chi connectivity index (χ1) is 16.7. The third-order valence-electron chi connectivity index (χ3n) is 5.89. The van der Waals surface area contributed by atoms with Gasteiger partial charge in [-0.2, -0.15) is 10.1 Å². The average molecular weight is 550 g/mol. The number of fused-ring (bicyclic) bond motifs is 2. The molecule has 182 valence electrons. The number of alkyl halides is 3. The Bertz CT molecular complexity index is 1430. The summed E-state index contributed by atoms with van der Waals surface area (Å²) in [6.45, 7) is 0. The molecule has 0 spiro atoms. The molecule has 1 aliphatic rings. The number of hydrogen-bond donors (Lipinski definition) is 2. The van der Waals surface area contributed by atoms with Gasteiger partial charge in [-0.3, -0.25) is 9.78 Å². The minimum atomic E-state index is -4.89. The van der Waals surface area contributed by atoms with E-state index >= 15 is 0 Å². The summed E-state index contributed by atoms with van der Waals surface area (Å²) in [7, 11) is 1.62. The van der Waals surface area contributed by atoms with Crippen molar-refractivity contribution in [2.75, 3.05) is 12.4 Å². The van der Waals surface area contributed by atoms with Gasteiger partial charge < -0.3 is 15.4 Å². The van der Waals surface area contributed by atoms with Crippen LogP contribution in [0.3, 0.4) is 0 Å². The van der Waals surface area contributed by atoms with Crippen LogP contribution in [0.4, 0.5) is 19.1 Å². The summed E-state index contributed by atoms with van der Waals surface area (Å²) in [6.07, 6.45) is 0.296. The van der Waals surface area contributed by atoms with Crippen LogP contribution in [0.25, 0.3) is 27.6 Å². The van der Waals surface area contributed by atoms with Crippen molar-refractivity contribution in [2.24, 2.45) is 5.92 Å². The Morgan fingerprint density at radius 3 is 2.86 bits per heavy atom. The first kappa shape index (κ1) is 23.3. The van der Waals surface area contributed by atoms with Crippen LogP contribution in [0.15, 0.2) is 41.3 Å². The van der Waals surface area contributed by atoms with Crippen molar-refractivity contribution in [2.45, 2.75) is 31.7 Å². The van der Waals surface area contributed by atoms with Gasteiger partial charge in [-0.25, -0.2) is 9.67 Å². The summed E-state index contributed by atoms with van der Waals surface area (Å²) in [4.78, 5) is 24.9. The minimum absolute atomic E-state index is 0.00958. The number of aromatic nitrogens is 5. The standard InChI is InChI=1S/C22H19BrF3N7O2/c1-27-20(34)12-4-5-13(7-12)30-21-29-10-15-18(23)32-33(19(15)31-21)14-8-11-3-2-6-28-17(11)16(9-14)35-22(24,25)26/h2-3,6,8-10,12-13H,4-5,7H2,1H3,(H,27,34)(H,29,30,31)/t12-,13-/m1/s1. The zero-order chi connectivity index (χ0) is 24.7. The number of ether oxygens (including phenoxy) is 1. The molecule has 2 N–H and O–H groups in total. The van der Waals surface area contributed by atoms with Gasteiger partial charge in [0.15, 0.2) is 11.4 Å². The zero-order valence-electron chi connectivity index (χ0n) is 18.3. The van der Waals surface area contributed by atoms with Crippen molar-refractivity contribution < 1.29 is 22.7 Å². The van der Waals surface area contributed by atoms with Crippen LogP contribution >= 0.6 is 15.9 Å². The molecule has 1 saturated carbocycles. The molecule has 0 aliphatic heterocycles. The number of amides is 1. The number of pyridine rings is 1. The van der Waals surface area contributed by atoms with E-state index in [1.165, 1.54) is 16.9 Å². The number of benzene rings is 1. The molecule has 3 heterocycles. The van der Waals surface area contributed by atoms with E-state index in [0.29, 0.717) is 39.1 Å². The fourth-order valence-corrected chi connectivity index (χ4v) is 4.76. The first-order valence-corrected chi connectivity index (χ1v) is 11.6. The largest absolute Gasteiger partial charge is 0.573 e. The summed E-state index contributed by atoms with van der Waals surface area (Å²) in [5.41, 5.74) is 0.773. The molecule has 4 aromatic rings. The lowest BCUT2D eigenvalue weighted by Gasteiger charge is -2.14. The lowest BCUT2D eigenvalue weighted by atomic mass is 10.1. The quantitative estimate of drug-likeness (QED) is 0.381. The van der Waals surface area contributed by atoms with Gasteiger partial charge in [0.05, 0.1) is 11.1 Å². The Balaban J connectivity index is 1.53. The second-order valence-corrected chi connectivity index (χ2v) is 8.92. The molecule has 1 aliphatic carbocycles. The normalized spacial score (nSPS) is 18.2. The smallest absolute Gasteiger partial charge is 0.403 e. The van der Waals surface area contributed by atoms with Crippen LogP contribution in [0.5, 0.6) is 5.75 Å². The molecule has 3 aromatic heterocycles. The number of anilines is 1. The Hall–Kier alpha value is -3.48. The topological polar surface area (TPSA) is 107 Å². The third-order valence-corrected chi connectivity index (χ3v) is 6.47. The molecular formula is C22H19BrF3N7O2. The summed E-state index contributed by atoms with van der Waals surface area (Å²) < 4.78 is 45.3. The predicted octanol–water partition coefficient (Wildman–Crippen LogP) is 4.35. The van der Waals surface area contributed by atoms with E-state index in [0.717, 1.165) is 12.8 Å². The Labute approximate surface area is 205 Å². The fraction of sp³-hybridized carbons (Fsp3) is 0.318. The van der Waals surface area contributed by atoms with E-state index in [2.05, 4.69) is 51.4 Å². The summed E-state index contributed by atoms with van der Waals surface area (Å²) in [6, 6.07) is 6.17. The lowest BCUT2D eigenvalue weighted by Crippen LogP contribution is -2.27. The van der Waals surface area contributed by atoms with Crippen LogP contribution in [0.2, 0.25) is 0 Å². The number of halogens is 4. The number of carbonyl (C=O) groups is 1. The predicted molar refractivity (Wildman–Crippen MR) is 125 cm³/mol. The average Bonchev–Trinajstić information content (AvgIpc) is 3.42. The van der Waals surface area contributed by atoms with Gasteiger partial charge in [0, 0.05) is 42.9 Å². The highest BCUT2D eigenvalue weighted by molar-refractivity contribution is 9.10. The van der Waals surface area contributed by atoms with Gasteiger partial charge in [0.2, 0.25) is 11.9 Å². The number of rotatable bonds is 5. The van der Waals surface area contributed by atoms with Crippen LogP contribution in [0.1, 0.15) is 19.3 Å². The molecule has 0 saturated heterocycles. The highest BCUT2D eigenvalue weighted by Gasteiger charge is 2.33. The monoisotopic (exact) mass is 549 g/mol. The van der Waals surface area contributed by atoms with Crippen LogP contribution in [0, 0.1) is 5.92 Å². The summed E-state index contributed by atoms with van der Waals surface area (Å²) >= 11 is 3.38. The highest BCUT2D eigenvalue weighted by Crippen LogP contribution is 2.34. The molecule has 5 rings (SSSR count). The summed E-state index contributed by atoms with van der Waals surface area (Å²) in [5, 5.41) is 11.4. The number of nitrogens with one attached hydrogen (secondary N) is 2. The van der Waals surface area contributed by atoms with Gasteiger partial charge in [-0.1, -0.05) is 6.07 Å². The van der Waals surface area contributed by atoms with Gasteiger partial charge in [-0.15, -0.1) is 13.2 Å². The van der Waals surface area contributed by atoms with E-state index in [1.54, 1.807) is 31.4 Å². The maximum Gasteiger partial charge on any atom is 0.573 e. The molecule has 2 atom stereocenters. The fourth-order valence-electron chi connectivity index (χ4n) is 4.32. The maximum absolute atomic E-state index is 13.1. The SMILES string of the molecule is CNC(=O)[C@@H]1CC[C@@H](Nc2ncc3c(Br)nn(-c4cc(OC(F)(F)F)c5ncccc5c4)c3n2)C1. The van der Waals surface area contributed by atoms with Gasteiger partial charge in [-0.05, 0) is 47.3 Å². The van der Waals surface area contributed by atoms with Crippen molar-refractivity contribution in [3.8, 4) is 11.4 Å². The van der Waals surface area contributed by atoms with Crippen molar-refractivity contribution in [3.05, 3.63) is 41.3 Å². The molecule has 9 nitrogen and oxygen atoms in total. The summed E-state index contributed by atoms with van der Waals surface area (Å²) in [5.74, 6) is -0.165. The molecule has 0 bridgehead atoms. The zero-order valence-corrected chi connectivity index (χ0v) is 19.9. The molecule has 1 aromatic carbocycles. The Morgan fingerprint density at radius 1 is 1.26 bits per heavy atom. The van der Waals surface area contributed by atoms with Crippen LogP contribution in [-0.4, -0.2) is 50.1 Å². The van der Waals surface area contributed by atoms with Gasteiger partial charge in [0.25, 0.3) is 0 Å². The van der Waals surface area contributed by atoms with Crippen molar-refractivity contribution in [1.29, 1.82) is 0 Å². The Kier molecular flexibility index (Phi) is 5.95. The molecular weight excluding hydrogens is 531 g/mol. The molecule has 0 unspecified atom stereocenters. The third kappa shape index (κ3) is 4.72. The first-order valence-electron chi connectivity index (χ1n) is 10.8. The van der Waals surface area contributed by atoms with Gasteiger partial charge >= 0.3 is 6.36 Å². The minimum Gasteiger partial charge on any atom is -0.403 e. The number of carbonyl (C=O) groups excluding carboxylic acids is 1. The molecule has 13 heteroatoms. The van der Waals surface area contributed by atoms with E-state index in [1.807, 2.05) is 0 Å². The van der Waals surface area contributed by atoms with Crippen molar-refractivity contribution in [1.82, 2.24) is 30.0 Å².